The topological polar surface area (TPSA) is 29.5 Å². The molecule has 3 heteroatoms. The number of aryl methyl sites for hydroxylation is 1. The number of hydrogen-bond acceptors (Lipinski definition) is 2. The first kappa shape index (κ1) is 14.5. The summed E-state index contributed by atoms with van der Waals surface area (Å²) in [4.78, 5) is 0. The highest BCUT2D eigenvalue weighted by Crippen LogP contribution is 2.22. The zero-order valence-corrected chi connectivity index (χ0v) is 11.4. The van der Waals surface area contributed by atoms with Crippen molar-refractivity contribution in [3.63, 3.8) is 0 Å². The minimum atomic E-state index is -0.417. The van der Waals surface area contributed by atoms with Crippen LogP contribution in [0.15, 0.2) is 48.5 Å². The quantitative estimate of drug-likeness (QED) is 0.780. The lowest BCUT2D eigenvalue weighted by Crippen LogP contribution is -2.03. The minimum Gasteiger partial charge on any atom is -0.490 e. The molecule has 2 aromatic rings. The second-order valence-corrected chi connectivity index (χ2v) is 4.68. The Morgan fingerprint density at radius 3 is 2.50 bits per heavy atom. The van der Waals surface area contributed by atoms with Crippen LogP contribution in [0.4, 0.5) is 4.39 Å². The standard InChI is InChI=1S/C17H19FO2/c18-16-11-6-10-15(13-19)17(16)20-12-5-4-9-14-7-2-1-3-8-14/h1-3,6-8,10-11,19H,4-5,9,12-13H2. The SMILES string of the molecule is OCc1cccc(F)c1OCCCCc1ccccc1. The van der Waals surface area contributed by atoms with Crippen molar-refractivity contribution in [3.05, 3.63) is 65.5 Å². The Morgan fingerprint density at radius 2 is 1.75 bits per heavy atom. The Bertz CT molecular complexity index is 526. The van der Waals surface area contributed by atoms with E-state index in [9.17, 15) is 4.39 Å². The van der Waals surface area contributed by atoms with Crippen LogP contribution in [0, 0.1) is 5.82 Å². The molecular formula is C17H19FO2. The molecule has 0 aliphatic heterocycles. The van der Waals surface area contributed by atoms with Gasteiger partial charge in [-0.2, -0.15) is 0 Å². The highest BCUT2D eigenvalue weighted by atomic mass is 19.1. The van der Waals surface area contributed by atoms with Gasteiger partial charge < -0.3 is 9.84 Å². The number of para-hydroxylation sites is 1. The van der Waals surface area contributed by atoms with E-state index in [1.54, 1.807) is 12.1 Å². The molecule has 0 atom stereocenters. The summed E-state index contributed by atoms with van der Waals surface area (Å²) in [7, 11) is 0. The summed E-state index contributed by atoms with van der Waals surface area (Å²) in [6.07, 6.45) is 2.84. The highest BCUT2D eigenvalue weighted by Gasteiger charge is 2.08. The van der Waals surface area contributed by atoms with Crippen molar-refractivity contribution in [2.24, 2.45) is 0 Å². The van der Waals surface area contributed by atoms with E-state index in [1.165, 1.54) is 11.6 Å². The first-order chi connectivity index (χ1) is 9.81. The van der Waals surface area contributed by atoms with Crippen molar-refractivity contribution in [2.45, 2.75) is 25.9 Å². The summed E-state index contributed by atoms with van der Waals surface area (Å²) in [5.74, 6) is -0.241. The van der Waals surface area contributed by atoms with Gasteiger partial charge in [-0.05, 0) is 30.9 Å². The Kier molecular flexibility index (Phi) is 5.56. The molecule has 0 saturated heterocycles. The van der Waals surface area contributed by atoms with Gasteiger partial charge in [0.15, 0.2) is 11.6 Å². The maximum atomic E-state index is 13.6. The van der Waals surface area contributed by atoms with Crippen LogP contribution in [-0.2, 0) is 13.0 Å². The zero-order chi connectivity index (χ0) is 14.2. The third-order valence-corrected chi connectivity index (χ3v) is 3.17. The second-order valence-electron chi connectivity index (χ2n) is 4.68. The lowest BCUT2D eigenvalue weighted by Gasteiger charge is -2.10. The number of aliphatic hydroxyl groups is 1. The van der Waals surface area contributed by atoms with Crippen LogP contribution in [0.2, 0.25) is 0 Å². The van der Waals surface area contributed by atoms with Crippen molar-refractivity contribution in [3.8, 4) is 5.75 Å². The molecule has 2 nitrogen and oxygen atoms in total. The van der Waals surface area contributed by atoms with Crippen LogP contribution < -0.4 is 4.74 Å². The van der Waals surface area contributed by atoms with Crippen molar-refractivity contribution in [1.29, 1.82) is 0 Å². The van der Waals surface area contributed by atoms with Crippen LogP contribution >= 0.6 is 0 Å². The van der Waals surface area contributed by atoms with Gasteiger partial charge >= 0.3 is 0 Å². The first-order valence-electron chi connectivity index (χ1n) is 6.86. The van der Waals surface area contributed by atoms with Crippen LogP contribution in [0.5, 0.6) is 5.75 Å². The first-order valence-corrected chi connectivity index (χ1v) is 6.86. The number of rotatable bonds is 7. The van der Waals surface area contributed by atoms with Gasteiger partial charge in [0, 0.05) is 5.56 Å². The Balaban J connectivity index is 1.76. The van der Waals surface area contributed by atoms with E-state index >= 15 is 0 Å². The normalized spacial score (nSPS) is 10.5. The van der Waals surface area contributed by atoms with Gasteiger partial charge in [0.2, 0.25) is 0 Å². The van der Waals surface area contributed by atoms with Gasteiger partial charge in [-0.1, -0.05) is 42.5 Å². The van der Waals surface area contributed by atoms with Crippen LogP contribution in [0.1, 0.15) is 24.0 Å². The zero-order valence-electron chi connectivity index (χ0n) is 11.4. The molecule has 0 spiro atoms. The van der Waals surface area contributed by atoms with Crippen molar-refractivity contribution in [2.75, 3.05) is 6.61 Å². The van der Waals surface area contributed by atoms with Crippen molar-refractivity contribution in [1.82, 2.24) is 0 Å². The summed E-state index contributed by atoms with van der Waals surface area (Å²) in [6, 6.07) is 14.8. The molecule has 0 heterocycles. The van der Waals surface area contributed by atoms with Gasteiger partial charge in [-0.3, -0.25) is 0 Å². The van der Waals surface area contributed by atoms with Crippen molar-refractivity contribution >= 4 is 0 Å². The Hall–Kier alpha value is -1.87. The summed E-state index contributed by atoms with van der Waals surface area (Å²) >= 11 is 0. The molecule has 2 rings (SSSR count). The van der Waals surface area contributed by atoms with Gasteiger partial charge in [0.1, 0.15) is 0 Å². The van der Waals surface area contributed by atoms with Gasteiger partial charge in [0.05, 0.1) is 13.2 Å². The predicted molar refractivity (Wildman–Crippen MR) is 77.2 cm³/mol. The molecule has 1 N–H and O–H groups in total. The fourth-order valence-electron chi connectivity index (χ4n) is 2.09. The van der Waals surface area contributed by atoms with E-state index in [4.69, 9.17) is 9.84 Å². The molecule has 0 saturated carbocycles. The average Bonchev–Trinajstić information content (AvgIpc) is 2.49. The van der Waals surface area contributed by atoms with E-state index < -0.39 is 5.82 Å². The summed E-state index contributed by atoms with van der Waals surface area (Å²) in [6.45, 7) is 0.248. The molecular weight excluding hydrogens is 255 g/mol. The Labute approximate surface area is 118 Å². The molecule has 0 aromatic heterocycles. The summed E-state index contributed by atoms with van der Waals surface area (Å²) in [5, 5.41) is 9.15. The van der Waals surface area contributed by atoms with E-state index in [2.05, 4.69) is 12.1 Å². The van der Waals surface area contributed by atoms with E-state index in [0.717, 1.165) is 19.3 Å². The molecule has 0 unspecified atom stereocenters. The third kappa shape index (κ3) is 4.07. The predicted octanol–water partition coefficient (Wildman–Crippen LogP) is 3.72. The maximum absolute atomic E-state index is 13.6. The van der Waals surface area contributed by atoms with E-state index in [0.29, 0.717) is 12.2 Å². The van der Waals surface area contributed by atoms with E-state index in [-0.39, 0.29) is 12.4 Å². The molecule has 0 bridgehead atoms. The number of unbranched alkanes of at least 4 members (excludes halogenated alkanes) is 1. The van der Waals surface area contributed by atoms with Gasteiger partial charge in [-0.25, -0.2) is 4.39 Å². The Morgan fingerprint density at radius 1 is 0.950 bits per heavy atom. The number of hydrogen-bond donors (Lipinski definition) is 1. The monoisotopic (exact) mass is 274 g/mol. The van der Waals surface area contributed by atoms with Crippen LogP contribution in [-0.4, -0.2) is 11.7 Å². The van der Waals surface area contributed by atoms with E-state index in [1.807, 2.05) is 18.2 Å². The molecule has 0 fully saturated rings. The van der Waals surface area contributed by atoms with Gasteiger partial charge in [0.25, 0.3) is 0 Å². The van der Waals surface area contributed by atoms with Crippen LogP contribution in [0.25, 0.3) is 0 Å². The number of ether oxygens (including phenoxy) is 1. The smallest absolute Gasteiger partial charge is 0.165 e. The third-order valence-electron chi connectivity index (χ3n) is 3.17. The fourth-order valence-corrected chi connectivity index (χ4v) is 2.09. The molecule has 0 amide bonds. The van der Waals surface area contributed by atoms with Crippen LogP contribution in [0.3, 0.4) is 0 Å². The minimum absolute atomic E-state index is 0.176. The van der Waals surface area contributed by atoms with Gasteiger partial charge in [-0.15, -0.1) is 0 Å². The lowest BCUT2D eigenvalue weighted by molar-refractivity contribution is 0.253. The average molecular weight is 274 g/mol. The molecule has 20 heavy (non-hydrogen) atoms. The lowest BCUT2D eigenvalue weighted by atomic mass is 10.1. The molecule has 106 valence electrons. The number of benzene rings is 2. The maximum Gasteiger partial charge on any atom is 0.165 e. The fraction of sp³-hybridized carbons (Fsp3) is 0.294. The molecule has 2 aromatic carbocycles. The second kappa shape index (κ2) is 7.65. The molecule has 0 aliphatic carbocycles. The number of halogens is 1. The molecule has 0 radical (unpaired) electrons. The highest BCUT2D eigenvalue weighted by molar-refractivity contribution is 5.34. The number of aliphatic hydroxyl groups excluding tert-OH is 1. The summed E-state index contributed by atoms with van der Waals surface area (Å²) in [5.41, 5.74) is 1.79. The van der Waals surface area contributed by atoms with Crippen molar-refractivity contribution < 1.29 is 14.2 Å². The largest absolute Gasteiger partial charge is 0.490 e. The summed E-state index contributed by atoms with van der Waals surface area (Å²) < 4.78 is 19.0. The molecule has 0 aliphatic rings.